The molecule has 1 unspecified atom stereocenters. The van der Waals surface area contributed by atoms with Crippen LogP contribution in [-0.4, -0.2) is 110 Å². The van der Waals surface area contributed by atoms with E-state index in [1.165, 1.54) is 143 Å². The molecule has 4 aliphatic carbocycles. The molecule has 1 saturated heterocycles. The van der Waals surface area contributed by atoms with Gasteiger partial charge < -0.3 is 56.7 Å². The topological polar surface area (TPSA) is 238 Å². The molecule has 750 valence electrons. The molecule has 16 nitrogen and oxygen atoms in total. The summed E-state index contributed by atoms with van der Waals surface area (Å²) in [5.74, 6) is -4.35. The maximum absolute atomic E-state index is 13.9. The Morgan fingerprint density at radius 1 is 0.444 bits per heavy atom. The van der Waals surface area contributed by atoms with Gasteiger partial charge in [-0.3, -0.25) is 4.79 Å². The van der Waals surface area contributed by atoms with E-state index in [-0.39, 0.29) is 106 Å². The van der Waals surface area contributed by atoms with Crippen LogP contribution in [0.3, 0.4) is 0 Å². The average molecular weight is 2030 g/mol. The Kier molecular flexibility index (Phi) is 44.6. The largest absolute Gasteiger partial charge is 0.444 e. The summed E-state index contributed by atoms with van der Waals surface area (Å²) in [5.41, 5.74) is 16.6. The number of epoxide rings is 1. The molecule has 12 rings (SSSR count). The zero-order valence-electron chi connectivity index (χ0n) is 84.5. The molecular weight excluding hydrogens is 1870 g/mol. The number of halogens is 8. The van der Waals surface area contributed by atoms with Gasteiger partial charge in [-0.25, -0.2) is 40.1 Å². The summed E-state index contributed by atoms with van der Waals surface area (Å²) >= 11 is 2.32. The van der Waals surface area contributed by atoms with Gasteiger partial charge >= 0.3 is 12.2 Å². The lowest BCUT2D eigenvalue weighted by atomic mass is 9.75. The van der Waals surface area contributed by atoms with Crippen molar-refractivity contribution < 1.29 is 69.4 Å². The van der Waals surface area contributed by atoms with Crippen molar-refractivity contribution in [2.24, 2.45) is 10.1 Å². The summed E-state index contributed by atoms with van der Waals surface area (Å²) in [4.78, 5) is 36.2. The van der Waals surface area contributed by atoms with Crippen molar-refractivity contribution in [1.29, 1.82) is 0 Å². The fraction of sp³-hybridized carbons (Fsp3) is 0.582. The summed E-state index contributed by atoms with van der Waals surface area (Å²) in [5, 5.41) is 37.7. The van der Waals surface area contributed by atoms with Crippen LogP contribution in [0.2, 0.25) is 0 Å². The number of nitrogens with one attached hydrogen (secondary N) is 5. The monoisotopic (exact) mass is 2030 g/mol. The molecule has 7 aromatic rings. The SMILES string of the molecule is CC(=O)N[C@@H](Cc1cc(F)cc(F)c1)[C@H](O)CNC1(c2ccc(C(C)(C)C)cc2)CCCCC1.CC(C)(C)OC(=O)N[C@@H](Cc1cc(F)cc(F)c1)[C@H](O)CNC1(c2ccc(C(C)(C)C)cc2)CCCCC1.CC(C)(C)OC(=O)N[C@@H](Cc1cc(F)cc(F)c1)[C@H]1CO1.CC(C)(C)S(=O)N=C1CCCCC1.CC(C)(C)c1ccc(C2(N)CCCCC2)cc1.CC(C)(C)c1ccc(I)cc1.Cl. The smallest absolute Gasteiger partial charge is 0.407 e. The maximum atomic E-state index is 13.9. The normalized spacial score (nSPS) is 17.9. The molecular formula is C110H159ClF6IN7O9S. The van der Waals surface area contributed by atoms with Gasteiger partial charge in [-0.15, -0.1) is 12.4 Å². The van der Waals surface area contributed by atoms with E-state index < -0.39 is 93.6 Å². The first kappa shape index (κ1) is 116. The number of carbonyl (C=O) groups is 3. The molecule has 0 radical (unpaired) electrons. The number of amides is 3. The molecule has 5 aliphatic rings. The van der Waals surface area contributed by atoms with Gasteiger partial charge in [0.25, 0.3) is 0 Å². The average Bonchev–Trinajstić information content (AvgIpc) is 1.71. The fourth-order valence-corrected chi connectivity index (χ4v) is 18.2. The summed E-state index contributed by atoms with van der Waals surface area (Å²) in [6, 6.07) is 43.1. The number of nitrogens with zero attached hydrogens (tertiary/aromatic N) is 1. The van der Waals surface area contributed by atoms with E-state index >= 15 is 0 Å². The summed E-state index contributed by atoms with van der Waals surface area (Å²) in [7, 11) is -1.05. The lowest BCUT2D eigenvalue weighted by Crippen LogP contribution is -2.53. The summed E-state index contributed by atoms with van der Waals surface area (Å²) in [6.07, 6.45) is 19.6. The van der Waals surface area contributed by atoms with Gasteiger partial charge in [0.2, 0.25) is 5.91 Å². The molecule has 9 N–H and O–H groups in total. The second-order valence-electron chi connectivity index (χ2n) is 44.3. The minimum atomic E-state index is -1.05. The Hall–Kier alpha value is -7.27. The van der Waals surface area contributed by atoms with Gasteiger partial charge in [0.05, 0.1) is 41.7 Å². The molecule has 5 fully saturated rings. The van der Waals surface area contributed by atoms with Crippen molar-refractivity contribution in [1.82, 2.24) is 26.6 Å². The number of carbonyl (C=O) groups excluding carboxylic acids is 3. The number of aliphatic hydroxyl groups is 2. The molecule has 0 aromatic heterocycles. The van der Waals surface area contributed by atoms with Gasteiger partial charge in [0.1, 0.15) is 63.2 Å². The fourth-order valence-electron chi connectivity index (χ4n) is 17.2. The van der Waals surface area contributed by atoms with E-state index in [9.17, 15) is 55.1 Å². The minimum Gasteiger partial charge on any atom is -0.444 e. The lowest BCUT2D eigenvalue weighted by Gasteiger charge is -2.40. The number of benzene rings is 7. The van der Waals surface area contributed by atoms with E-state index in [1.54, 1.807) is 41.5 Å². The van der Waals surface area contributed by atoms with Crippen LogP contribution >= 0.6 is 35.0 Å². The van der Waals surface area contributed by atoms with Crippen molar-refractivity contribution in [3.05, 3.63) is 246 Å². The Balaban J connectivity index is 0.000000262. The van der Waals surface area contributed by atoms with Crippen molar-refractivity contribution in [3.63, 3.8) is 0 Å². The Bertz CT molecular complexity index is 4810. The molecule has 7 aromatic carbocycles. The van der Waals surface area contributed by atoms with E-state index in [2.05, 4.69) is 234 Å². The number of rotatable bonds is 22. The highest BCUT2D eigenvalue weighted by molar-refractivity contribution is 14.1. The number of hydrogen-bond donors (Lipinski definition) is 8. The van der Waals surface area contributed by atoms with Gasteiger partial charge in [0, 0.05) is 64.1 Å². The third-order valence-electron chi connectivity index (χ3n) is 24.9. The number of alkyl carbamates (subject to hydrolysis) is 2. The molecule has 25 heteroatoms. The van der Waals surface area contributed by atoms with Crippen molar-refractivity contribution in [2.75, 3.05) is 19.7 Å². The van der Waals surface area contributed by atoms with Crippen molar-refractivity contribution in [3.8, 4) is 0 Å². The molecule has 3 amide bonds. The van der Waals surface area contributed by atoms with Crippen LogP contribution in [0.4, 0.5) is 35.9 Å². The van der Waals surface area contributed by atoms with Gasteiger partial charge in [-0.2, -0.15) is 4.40 Å². The molecule has 0 spiro atoms. The number of ether oxygens (including phenoxy) is 3. The predicted octanol–water partition coefficient (Wildman–Crippen LogP) is 25.4. The van der Waals surface area contributed by atoms with Crippen LogP contribution in [0, 0.1) is 38.5 Å². The number of aliphatic hydroxyl groups excluding tert-OH is 2. The number of hydrogen-bond acceptors (Lipinski definition) is 12. The summed E-state index contributed by atoms with van der Waals surface area (Å²) in [6.45, 7) is 45.4. The van der Waals surface area contributed by atoms with E-state index in [1.807, 2.05) is 20.8 Å². The Morgan fingerprint density at radius 2 is 0.741 bits per heavy atom. The maximum Gasteiger partial charge on any atom is 0.407 e. The van der Waals surface area contributed by atoms with Gasteiger partial charge in [-0.1, -0.05) is 232 Å². The highest BCUT2D eigenvalue weighted by Crippen LogP contribution is 2.42. The van der Waals surface area contributed by atoms with Crippen molar-refractivity contribution in [2.45, 2.75) is 391 Å². The number of nitrogens with two attached hydrogens (primary N) is 1. The third-order valence-corrected chi connectivity index (χ3v) is 27.1. The van der Waals surface area contributed by atoms with Crippen LogP contribution in [0.1, 0.15) is 336 Å². The van der Waals surface area contributed by atoms with Crippen LogP contribution in [0.5, 0.6) is 0 Å². The van der Waals surface area contributed by atoms with E-state index in [0.717, 1.165) is 95.2 Å². The second-order valence-corrected chi connectivity index (χ2v) is 47.5. The highest BCUT2D eigenvalue weighted by atomic mass is 127. The summed E-state index contributed by atoms with van der Waals surface area (Å²) < 4.78 is 114. The quantitative estimate of drug-likeness (QED) is 0.0180. The zero-order valence-corrected chi connectivity index (χ0v) is 88.3. The first-order valence-electron chi connectivity index (χ1n) is 48.3. The zero-order chi connectivity index (χ0) is 99.6. The van der Waals surface area contributed by atoms with E-state index in [0.29, 0.717) is 23.3 Å². The van der Waals surface area contributed by atoms with Crippen LogP contribution in [-0.2, 0) is 87.5 Å². The third kappa shape index (κ3) is 40.8. The minimum absolute atomic E-state index is 0. The Morgan fingerprint density at radius 3 is 1.05 bits per heavy atom. The molecule has 135 heavy (non-hydrogen) atoms. The molecule has 7 atom stereocenters. The highest BCUT2D eigenvalue weighted by Gasteiger charge is 2.40. The van der Waals surface area contributed by atoms with E-state index in [4.69, 9.17) is 19.9 Å². The standard InChI is InChI=1S/C31H44F2N2O3.C28H38F2N2O2.C16H25N.C15H19F2NO3.C10H13I.C10H19NOS.ClH/c1-29(2,3)22-10-12-23(13-11-22)31(14-8-7-9-15-31)34-20-27(36)26(35-28(37)38-30(4,5)6)18-21-16-24(32)19-25(33)17-21;1-19(33)32-25(16-20-14-23(29)17-24(30)15-20)26(34)18-31-28(12-6-5-7-13-28)22-10-8-21(9-11-22)27(2,3)4;1-15(2,3)13-7-9-14(10-8-13)16(17)11-5-4-6-12-16;1-15(2,3)21-14(19)18-12(13-8-20-13)6-9-4-10(16)7-11(17)5-9;1-10(2,3)8-4-6-9(11)7-5-8;1-10(2,3)13(12)11-9-7-5-4-6-8-9;/h10-13,16-17,19,26-27,34,36H,7-9,14-15,18,20H2,1-6H3,(H,35,37);8-11,14-15,17,25-26,31,34H,5-7,12-13,16,18H2,1-4H3,(H,32,33);7-10H,4-6,11-12,17H2,1-3H3;4-5,7,12-13H,6,8H2,1-3H3,(H,18,19);4-7H,1-3H3;4-8H2,1-3H3;1H/t26-,27+;25-,26+;;12-,13+;;;/m00.0.../s1. The lowest BCUT2D eigenvalue weighted by molar-refractivity contribution is -0.120. The second kappa shape index (κ2) is 51.8. The predicted molar refractivity (Wildman–Crippen MR) is 549 cm³/mol. The van der Waals surface area contributed by atoms with Crippen molar-refractivity contribution >= 4 is 69.8 Å². The molecule has 1 aliphatic heterocycles. The molecule has 1 heterocycles. The van der Waals surface area contributed by atoms with Gasteiger partial charge in [-0.05, 0) is 294 Å². The van der Waals surface area contributed by atoms with Crippen LogP contribution < -0.4 is 32.3 Å². The molecule has 0 bridgehead atoms. The van der Waals surface area contributed by atoms with Crippen LogP contribution in [0.15, 0.2) is 156 Å². The Labute approximate surface area is 826 Å². The van der Waals surface area contributed by atoms with Crippen LogP contribution in [0.25, 0.3) is 0 Å². The molecule has 4 saturated carbocycles. The first-order chi connectivity index (χ1) is 62.3. The van der Waals surface area contributed by atoms with Gasteiger partial charge in [0.15, 0.2) is 0 Å². The first-order valence-corrected chi connectivity index (χ1v) is 50.4.